The van der Waals surface area contributed by atoms with Crippen LogP contribution in [0, 0.1) is 12.8 Å². The van der Waals surface area contributed by atoms with E-state index >= 15 is 0 Å². The van der Waals surface area contributed by atoms with E-state index in [0.717, 1.165) is 25.1 Å². The number of hydrogen-bond acceptors (Lipinski definition) is 3. The van der Waals surface area contributed by atoms with Crippen LogP contribution in [0.15, 0.2) is 53.4 Å². The third-order valence-electron chi connectivity index (χ3n) is 4.85. The highest BCUT2D eigenvalue weighted by Gasteiger charge is 2.27. The molecule has 0 radical (unpaired) electrons. The number of piperidine rings is 1. The highest BCUT2D eigenvalue weighted by Crippen LogP contribution is 2.24. The van der Waals surface area contributed by atoms with Gasteiger partial charge in [0.2, 0.25) is 10.0 Å². The van der Waals surface area contributed by atoms with Crippen LogP contribution in [0.5, 0.6) is 0 Å². The topological polar surface area (TPSA) is 49.4 Å². The predicted molar refractivity (Wildman–Crippen MR) is 102 cm³/mol. The molecule has 134 valence electrons. The number of benzene rings is 2. The molecule has 1 heterocycles. The van der Waals surface area contributed by atoms with Crippen LogP contribution < -0.4 is 5.32 Å². The minimum absolute atomic E-state index is 0.378. The lowest BCUT2D eigenvalue weighted by Gasteiger charge is -2.29. The fraction of sp³-hybridized carbons (Fsp3) is 0.400. The molecule has 25 heavy (non-hydrogen) atoms. The molecule has 0 spiro atoms. The van der Waals surface area contributed by atoms with E-state index < -0.39 is 10.0 Å². The molecule has 2 aromatic carbocycles. The molecule has 1 saturated heterocycles. The largest absolute Gasteiger partial charge is 0.381 e. The van der Waals surface area contributed by atoms with Crippen LogP contribution in [-0.2, 0) is 16.6 Å². The molecule has 3 rings (SSSR count). The third kappa shape index (κ3) is 4.41. The number of nitrogens with one attached hydrogen (secondary N) is 1. The first-order chi connectivity index (χ1) is 11.9. The Balaban J connectivity index is 1.64. The van der Waals surface area contributed by atoms with Crippen LogP contribution in [0.25, 0.3) is 0 Å². The summed E-state index contributed by atoms with van der Waals surface area (Å²) in [5.41, 5.74) is 3.36. The van der Waals surface area contributed by atoms with Crippen LogP contribution in [0.4, 0.5) is 5.69 Å². The summed E-state index contributed by atoms with van der Waals surface area (Å²) in [5.74, 6) is 0.611. The molecule has 0 atom stereocenters. The average molecular weight is 359 g/mol. The SMILES string of the molecule is Cc1ccc(CNc2ccc(S(=O)(=O)N3CCC(C)CC3)cc2)cc1. The second-order valence-electron chi connectivity index (χ2n) is 6.95. The van der Waals surface area contributed by atoms with Crippen LogP contribution in [0.1, 0.15) is 30.9 Å². The Bertz CT molecular complexity index is 791. The molecule has 1 aliphatic rings. The molecule has 0 aromatic heterocycles. The molecule has 1 aliphatic heterocycles. The molecule has 0 saturated carbocycles. The number of anilines is 1. The summed E-state index contributed by atoms with van der Waals surface area (Å²) in [6.45, 7) is 6.21. The molecule has 5 heteroatoms. The first kappa shape index (κ1) is 18.0. The number of rotatable bonds is 5. The monoisotopic (exact) mass is 358 g/mol. The fourth-order valence-electron chi connectivity index (χ4n) is 3.03. The van der Waals surface area contributed by atoms with Crippen LogP contribution >= 0.6 is 0 Å². The van der Waals surface area contributed by atoms with E-state index in [0.29, 0.717) is 23.9 Å². The zero-order chi connectivity index (χ0) is 17.9. The van der Waals surface area contributed by atoms with Gasteiger partial charge >= 0.3 is 0 Å². The molecule has 4 nitrogen and oxygen atoms in total. The smallest absolute Gasteiger partial charge is 0.243 e. The van der Waals surface area contributed by atoms with Gasteiger partial charge in [-0.2, -0.15) is 4.31 Å². The minimum atomic E-state index is -3.37. The molecular weight excluding hydrogens is 332 g/mol. The lowest BCUT2D eigenvalue weighted by atomic mass is 10.0. The Hall–Kier alpha value is -1.85. The van der Waals surface area contributed by atoms with E-state index in [9.17, 15) is 8.42 Å². The van der Waals surface area contributed by atoms with Gasteiger partial charge in [-0.05, 0) is 55.5 Å². The van der Waals surface area contributed by atoms with Crippen molar-refractivity contribution in [1.29, 1.82) is 0 Å². The molecule has 1 fully saturated rings. The molecule has 1 N–H and O–H groups in total. The lowest BCUT2D eigenvalue weighted by molar-refractivity contribution is 0.288. The molecule has 0 bridgehead atoms. The van der Waals surface area contributed by atoms with E-state index in [1.165, 1.54) is 11.1 Å². The second kappa shape index (κ2) is 7.58. The molecular formula is C20H26N2O2S. The van der Waals surface area contributed by atoms with Crippen LogP contribution in [0.2, 0.25) is 0 Å². The number of sulfonamides is 1. The van der Waals surface area contributed by atoms with Gasteiger partial charge in [-0.15, -0.1) is 0 Å². The van der Waals surface area contributed by atoms with Crippen molar-refractivity contribution < 1.29 is 8.42 Å². The van der Waals surface area contributed by atoms with E-state index in [1.807, 2.05) is 12.1 Å². The zero-order valence-electron chi connectivity index (χ0n) is 14.9. The van der Waals surface area contributed by atoms with Crippen molar-refractivity contribution in [2.24, 2.45) is 5.92 Å². The van der Waals surface area contributed by atoms with Crippen LogP contribution in [0.3, 0.4) is 0 Å². The van der Waals surface area contributed by atoms with Crippen molar-refractivity contribution >= 4 is 15.7 Å². The minimum Gasteiger partial charge on any atom is -0.381 e. The normalized spacial score (nSPS) is 16.7. The van der Waals surface area contributed by atoms with Gasteiger partial charge in [0, 0.05) is 25.3 Å². The van der Waals surface area contributed by atoms with Crippen molar-refractivity contribution in [3.05, 3.63) is 59.7 Å². The maximum Gasteiger partial charge on any atom is 0.243 e. The number of aryl methyl sites for hydroxylation is 1. The van der Waals surface area contributed by atoms with Gasteiger partial charge in [-0.1, -0.05) is 36.8 Å². The predicted octanol–water partition coefficient (Wildman–Crippen LogP) is 4.03. The summed E-state index contributed by atoms with van der Waals surface area (Å²) < 4.78 is 27.1. The first-order valence-corrected chi connectivity index (χ1v) is 10.3. The van der Waals surface area contributed by atoms with Gasteiger partial charge in [0.1, 0.15) is 0 Å². The van der Waals surface area contributed by atoms with Crippen LogP contribution in [-0.4, -0.2) is 25.8 Å². The maximum atomic E-state index is 12.7. The van der Waals surface area contributed by atoms with Gasteiger partial charge in [0.05, 0.1) is 4.90 Å². The molecule has 2 aromatic rings. The fourth-order valence-corrected chi connectivity index (χ4v) is 4.50. The Morgan fingerprint density at radius 1 is 1.00 bits per heavy atom. The number of nitrogens with zero attached hydrogens (tertiary/aromatic N) is 1. The van der Waals surface area contributed by atoms with E-state index in [4.69, 9.17) is 0 Å². The zero-order valence-corrected chi connectivity index (χ0v) is 15.7. The van der Waals surface area contributed by atoms with E-state index in [1.54, 1.807) is 16.4 Å². The summed E-state index contributed by atoms with van der Waals surface area (Å²) in [7, 11) is -3.37. The van der Waals surface area contributed by atoms with Crippen molar-refractivity contribution in [1.82, 2.24) is 4.31 Å². The van der Waals surface area contributed by atoms with E-state index in [-0.39, 0.29) is 0 Å². The standard InChI is InChI=1S/C20H26N2O2S/c1-16-3-5-18(6-4-16)15-21-19-7-9-20(10-8-19)25(23,24)22-13-11-17(2)12-14-22/h3-10,17,21H,11-15H2,1-2H3. The maximum absolute atomic E-state index is 12.7. The van der Waals surface area contributed by atoms with Crippen molar-refractivity contribution in [2.75, 3.05) is 18.4 Å². The van der Waals surface area contributed by atoms with Crippen molar-refractivity contribution in [3.63, 3.8) is 0 Å². The van der Waals surface area contributed by atoms with Crippen molar-refractivity contribution in [3.8, 4) is 0 Å². The first-order valence-electron chi connectivity index (χ1n) is 8.85. The van der Waals surface area contributed by atoms with Gasteiger partial charge in [0.25, 0.3) is 0 Å². The molecule has 0 aliphatic carbocycles. The van der Waals surface area contributed by atoms with Gasteiger partial charge in [0.15, 0.2) is 0 Å². The second-order valence-corrected chi connectivity index (χ2v) is 8.89. The Kier molecular flexibility index (Phi) is 5.45. The van der Waals surface area contributed by atoms with Crippen molar-refractivity contribution in [2.45, 2.75) is 38.1 Å². The lowest BCUT2D eigenvalue weighted by Crippen LogP contribution is -2.37. The summed E-state index contributed by atoms with van der Waals surface area (Å²) >= 11 is 0. The molecule has 0 amide bonds. The highest BCUT2D eigenvalue weighted by atomic mass is 32.2. The van der Waals surface area contributed by atoms with Gasteiger partial charge in [-0.3, -0.25) is 0 Å². The average Bonchev–Trinajstić information content (AvgIpc) is 2.62. The highest BCUT2D eigenvalue weighted by molar-refractivity contribution is 7.89. The summed E-state index contributed by atoms with van der Waals surface area (Å²) in [4.78, 5) is 0.378. The Morgan fingerprint density at radius 3 is 2.20 bits per heavy atom. The Labute approximate surface area is 150 Å². The number of hydrogen-bond donors (Lipinski definition) is 1. The molecule has 0 unspecified atom stereocenters. The summed E-state index contributed by atoms with van der Waals surface area (Å²) in [6.07, 6.45) is 1.88. The van der Waals surface area contributed by atoms with Gasteiger partial charge in [-0.25, -0.2) is 8.42 Å². The summed E-state index contributed by atoms with van der Waals surface area (Å²) in [6, 6.07) is 15.5. The van der Waals surface area contributed by atoms with Gasteiger partial charge < -0.3 is 5.32 Å². The quantitative estimate of drug-likeness (QED) is 0.878. The third-order valence-corrected chi connectivity index (χ3v) is 6.76. The Morgan fingerprint density at radius 2 is 1.60 bits per heavy atom. The summed E-state index contributed by atoms with van der Waals surface area (Å²) in [5, 5.41) is 3.34. The van der Waals surface area contributed by atoms with E-state index in [2.05, 4.69) is 43.4 Å².